The minimum atomic E-state index is -4.73. The van der Waals surface area contributed by atoms with Crippen LogP contribution in [0.3, 0.4) is 0 Å². The van der Waals surface area contributed by atoms with E-state index in [4.69, 9.17) is 4.98 Å². The van der Waals surface area contributed by atoms with E-state index in [1.807, 2.05) is 12.2 Å². The molecule has 270 valence electrons. The number of aryl methyl sites for hydroxylation is 2. The number of halogens is 3. The van der Waals surface area contributed by atoms with Gasteiger partial charge in [-0.3, -0.25) is 28.8 Å². The molecule has 1 saturated heterocycles. The number of alkyl halides is 3. The third-order valence-electron chi connectivity index (χ3n) is 10.0. The summed E-state index contributed by atoms with van der Waals surface area (Å²) in [6, 6.07) is 2.30. The third kappa shape index (κ3) is 6.64. The van der Waals surface area contributed by atoms with Crippen molar-refractivity contribution in [3.63, 3.8) is 0 Å². The van der Waals surface area contributed by atoms with Crippen LogP contribution in [0.25, 0.3) is 22.2 Å². The molecule has 52 heavy (non-hydrogen) atoms. The summed E-state index contributed by atoms with van der Waals surface area (Å²) in [7, 11) is 0. The maximum atomic E-state index is 14.4. The summed E-state index contributed by atoms with van der Waals surface area (Å²) in [4.78, 5) is 72.6. The molecule has 0 unspecified atom stereocenters. The maximum Gasteiger partial charge on any atom is 0.433 e. The Kier molecular flexibility index (Phi) is 8.87. The Bertz CT molecular complexity index is 2150. The highest BCUT2D eigenvalue weighted by Gasteiger charge is 2.67. The number of aromatic nitrogens is 6. The number of carbonyl (C=O) groups is 4. The largest absolute Gasteiger partial charge is 0.433 e. The molecular formula is C36H36F3N9O4. The molecule has 1 saturated carbocycles. The Morgan fingerprint density at radius 2 is 1.83 bits per heavy atom. The molecule has 0 aromatic carbocycles. The van der Waals surface area contributed by atoms with E-state index in [0.717, 1.165) is 6.07 Å². The van der Waals surface area contributed by atoms with Gasteiger partial charge in [0.1, 0.15) is 35.6 Å². The molecule has 6 heterocycles. The van der Waals surface area contributed by atoms with Crippen molar-refractivity contribution < 1.29 is 32.3 Å². The number of anilines is 1. The number of hydrogen-bond acceptors (Lipinski definition) is 9. The lowest BCUT2D eigenvalue weighted by molar-refractivity contribution is -0.141. The highest BCUT2D eigenvalue weighted by molar-refractivity contribution is 6.06. The first-order valence-electron chi connectivity index (χ1n) is 17.0. The second-order valence-corrected chi connectivity index (χ2v) is 13.7. The zero-order valence-electron chi connectivity index (χ0n) is 28.8. The number of nitrogens with one attached hydrogen (secondary N) is 2. The molecule has 2 bridgehead atoms. The molecule has 4 aromatic heterocycles. The monoisotopic (exact) mass is 715 g/mol. The Labute approximate surface area is 296 Å². The summed E-state index contributed by atoms with van der Waals surface area (Å²) < 4.78 is 41.9. The molecule has 3 atom stereocenters. The van der Waals surface area contributed by atoms with Crippen molar-refractivity contribution >= 4 is 40.2 Å². The number of rotatable bonds is 4. The molecule has 4 aromatic rings. The predicted molar refractivity (Wildman–Crippen MR) is 182 cm³/mol. The lowest BCUT2D eigenvalue weighted by atomic mass is 9.98. The Morgan fingerprint density at radius 1 is 1.06 bits per heavy atom. The summed E-state index contributed by atoms with van der Waals surface area (Å²) in [5.74, 6) is -1.32. The van der Waals surface area contributed by atoms with Crippen LogP contribution in [0.5, 0.6) is 0 Å². The average Bonchev–Trinajstić information content (AvgIpc) is 3.50. The highest BCUT2D eigenvalue weighted by Crippen LogP contribution is 2.59. The van der Waals surface area contributed by atoms with Crippen molar-refractivity contribution in [2.45, 2.75) is 84.1 Å². The first-order valence-corrected chi connectivity index (χ1v) is 17.0. The van der Waals surface area contributed by atoms with Crippen LogP contribution in [-0.4, -0.2) is 76.7 Å². The van der Waals surface area contributed by atoms with E-state index in [1.54, 1.807) is 25.4 Å². The third-order valence-corrected chi connectivity index (χ3v) is 10.0. The van der Waals surface area contributed by atoms with Gasteiger partial charge >= 0.3 is 6.18 Å². The summed E-state index contributed by atoms with van der Waals surface area (Å²) in [6.07, 6.45) is 4.97. The number of nitrogens with zero attached hydrogens (tertiary/aromatic N) is 7. The van der Waals surface area contributed by atoms with Crippen LogP contribution in [0.15, 0.2) is 42.7 Å². The van der Waals surface area contributed by atoms with E-state index >= 15 is 0 Å². The first kappa shape index (κ1) is 34.9. The second-order valence-electron chi connectivity index (χ2n) is 13.7. The molecule has 3 aliphatic rings. The van der Waals surface area contributed by atoms with Crippen molar-refractivity contribution in [1.29, 1.82) is 0 Å². The number of hydrogen-bond donors (Lipinski definition) is 2. The molecule has 2 N–H and O–H groups in total. The van der Waals surface area contributed by atoms with Crippen LogP contribution >= 0.6 is 0 Å². The van der Waals surface area contributed by atoms with E-state index in [2.05, 4.69) is 30.7 Å². The number of carbonyl (C=O) groups excluding carboxylic acids is 4. The van der Waals surface area contributed by atoms with E-state index in [-0.39, 0.29) is 49.1 Å². The van der Waals surface area contributed by atoms with Gasteiger partial charge < -0.3 is 15.5 Å². The van der Waals surface area contributed by atoms with Crippen LogP contribution in [0.2, 0.25) is 0 Å². The normalized spacial score (nSPS) is 22.2. The van der Waals surface area contributed by atoms with Gasteiger partial charge in [0.15, 0.2) is 5.78 Å². The zero-order chi connectivity index (χ0) is 36.9. The van der Waals surface area contributed by atoms with Gasteiger partial charge in [-0.1, -0.05) is 18.2 Å². The van der Waals surface area contributed by atoms with Crippen molar-refractivity contribution in [2.75, 3.05) is 11.9 Å². The topological polar surface area (TPSA) is 165 Å². The van der Waals surface area contributed by atoms with Gasteiger partial charge in [-0.25, -0.2) is 15.0 Å². The number of ketones is 1. The molecule has 13 nitrogen and oxygen atoms in total. The number of allylic oxidation sites excluding steroid dienone is 2. The van der Waals surface area contributed by atoms with E-state index in [9.17, 15) is 32.3 Å². The van der Waals surface area contributed by atoms with Crippen LogP contribution in [-0.2, 0) is 33.5 Å². The molecule has 0 spiro atoms. The van der Waals surface area contributed by atoms with Gasteiger partial charge in [0.05, 0.1) is 16.9 Å². The van der Waals surface area contributed by atoms with E-state index in [1.165, 1.54) is 29.5 Å². The van der Waals surface area contributed by atoms with Gasteiger partial charge in [0.2, 0.25) is 17.7 Å². The van der Waals surface area contributed by atoms with Crippen molar-refractivity contribution in [3.8, 4) is 11.3 Å². The fraction of sp³-hybridized carbons (Fsp3) is 0.417. The Balaban J connectivity index is 1.29. The molecule has 1 aliphatic carbocycles. The maximum absolute atomic E-state index is 14.4. The smallest absolute Gasteiger partial charge is 0.355 e. The number of amides is 3. The van der Waals surface area contributed by atoms with Crippen molar-refractivity contribution in [1.82, 2.24) is 39.9 Å². The van der Waals surface area contributed by atoms with Crippen LogP contribution in [0, 0.1) is 19.3 Å². The lowest BCUT2D eigenvalue weighted by Crippen LogP contribution is -2.47. The molecule has 2 aliphatic heterocycles. The standard InChI is InChI=1S/C36H36F3N9O4/c1-19-10-11-27(36(37,38)39)44-33(19)45-34(52)26-13-35-14-28(35)48(26)30(51)17-47-32-23(31(46-47)20(2)49)12-25(22-15-40-21(3)41-16-22)43-24(32)8-6-4-5-7-9-29(50)42-18-35/h4,6,10-12,15-16,26,28H,5,7-9,13-14,17-18H2,1-3H3,(H,42,50)(H,44,45,52)/t26-,28+,35-/m0/s1. The number of pyridine rings is 2. The fourth-order valence-electron chi connectivity index (χ4n) is 7.22. The van der Waals surface area contributed by atoms with Gasteiger partial charge in [-0.15, -0.1) is 0 Å². The number of piperidine rings is 1. The predicted octanol–water partition coefficient (Wildman–Crippen LogP) is 4.52. The minimum Gasteiger partial charge on any atom is -0.355 e. The molecule has 0 radical (unpaired) electrons. The highest BCUT2D eigenvalue weighted by atomic mass is 19.4. The zero-order valence-corrected chi connectivity index (χ0v) is 28.8. The molecule has 2 fully saturated rings. The average molecular weight is 716 g/mol. The van der Waals surface area contributed by atoms with Crippen molar-refractivity contribution in [3.05, 3.63) is 71.2 Å². The van der Waals surface area contributed by atoms with E-state index < -0.39 is 41.2 Å². The second kappa shape index (κ2) is 13.2. The number of Topliss-reactive ketones (excluding diaryl/α,β-unsaturated/α-hetero) is 1. The van der Waals surface area contributed by atoms with Gasteiger partial charge in [-0.05, 0) is 57.2 Å². The minimum absolute atomic E-state index is 0.143. The quantitative estimate of drug-likeness (QED) is 0.228. The molecule has 3 amide bonds. The van der Waals surface area contributed by atoms with Gasteiger partial charge in [0.25, 0.3) is 0 Å². The molecule has 7 rings (SSSR count). The van der Waals surface area contributed by atoms with E-state index in [0.29, 0.717) is 64.9 Å². The fourth-order valence-corrected chi connectivity index (χ4v) is 7.22. The summed E-state index contributed by atoms with van der Waals surface area (Å²) in [5.41, 5.74) is 0.874. The summed E-state index contributed by atoms with van der Waals surface area (Å²) in [6.45, 7) is 4.56. The SMILES string of the molecule is CC(=O)c1nn2c3c(nc(-c4cnc(C)nc4)cc13)CC=CCCCC(=O)NC[C@@]13C[C@@H](C(=O)Nc4nc(C(F)(F)F)ccc4C)N(C(=O)C2)[C@@H]1C3. The summed E-state index contributed by atoms with van der Waals surface area (Å²) in [5, 5.41) is 10.6. The Morgan fingerprint density at radius 3 is 2.56 bits per heavy atom. The molecule has 16 heteroatoms. The van der Waals surface area contributed by atoms with Crippen LogP contribution < -0.4 is 10.6 Å². The Hall–Kier alpha value is -5.54. The van der Waals surface area contributed by atoms with Gasteiger partial charge in [0, 0.05) is 61.1 Å². The lowest BCUT2D eigenvalue weighted by Gasteiger charge is -2.27. The summed E-state index contributed by atoms with van der Waals surface area (Å²) >= 11 is 0. The first-order chi connectivity index (χ1) is 24.7. The van der Waals surface area contributed by atoms with Crippen molar-refractivity contribution in [2.24, 2.45) is 5.41 Å². The van der Waals surface area contributed by atoms with Crippen LogP contribution in [0.1, 0.15) is 72.3 Å². The van der Waals surface area contributed by atoms with Gasteiger partial charge in [-0.2, -0.15) is 18.3 Å². The molecular weight excluding hydrogens is 679 g/mol. The van der Waals surface area contributed by atoms with Crippen LogP contribution in [0.4, 0.5) is 19.0 Å².